The number of hydrogen-bond acceptors (Lipinski definition) is 4. The van der Waals surface area contributed by atoms with Crippen molar-refractivity contribution in [2.24, 2.45) is 11.8 Å². The zero-order valence-corrected chi connectivity index (χ0v) is 53.4. The fourth-order valence-corrected chi connectivity index (χ4v) is 23.4. The second kappa shape index (κ2) is 32.6. The van der Waals surface area contributed by atoms with Crippen LogP contribution in [0.5, 0.6) is 0 Å². The number of carbonyl (C=O) groups excluding carboxylic acids is 2. The summed E-state index contributed by atoms with van der Waals surface area (Å²) in [5.74, 6) is 1.08. The molecule has 2 aromatic rings. The van der Waals surface area contributed by atoms with Crippen LogP contribution in [-0.2, 0) is 9.59 Å². The molecular weight excluding hydrogens is 1080 g/mol. The molecule has 8 heteroatoms. The van der Waals surface area contributed by atoms with E-state index in [0.29, 0.717) is 11.8 Å². The van der Waals surface area contributed by atoms with Crippen molar-refractivity contribution in [1.82, 2.24) is 9.80 Å². The third-order valence-corrected chi connectivity index (χ3v) is 36.2. The predicted molar refractivity (Wildman–Crippen MR) is 309 cm³/mol. The first-order chi connectivity index (χ1) is 32.8. The number of hydrogen-bond donors (Lipinski definition) is 0. The van der Waals surface area contributed by atoms with E-state index < -0.39 is 36.8 Å². The standard InChI is InChI=1S/C54H86N2O2S2.6CH3.2Sn/c1-5-9-13-17-21-23-27-31-37-45(35-29-25-19-15-11-7-3)43-55-51(47-39-33-41-59-47)49-50(53(55)57)52(48-40-34-42-60-48)56(54(49)58)44-46(36-30-26-20-16-12-8-4)38-32-28-24-22-18-14-10-6-2;;;;;;;;/h33-34,39-40,45-46H,5-32,35-38,43-44H2,1-4H3;6*1H3;;. The fraction of sp³-hybridized carbons (Fsp3) is 0.767. The first-order valence-electron chi connectivity index (χ1n) is 29.1. The molecule has 0 aromatic carbocycles. The van der Waals surface area contributed by atoms with E-state index in [4.69, 9.17) is 0 Å². The maximum atomic E-state index is 15.7. The molecule has 0 bridgehead atoms. The van der Waals surface area contributed by atoms with Gasteiger partial charge in [-0.15, -0.1) is 0 Å². The molecule has 2 aliphatic heterocycles. The Morgan fingerprint density at radius 3 is 0.868 bits per heavy atom. The van der Waals surface area contributed by atoms with Gasteiger partial charge in [0.15, 0.2) is 0 Å². The van der Waals surface area contributed by atoms with Gasteiger partial charge in [-0.25, -0.2) is 0 Å². The van der Waals surface area contributed by atoms with Crippen LogP contribution >= 0.6 is 22.7 Å². The second-order valence-corrected chi connectivity index (χ2v) is 56.5. The van der Waals surface area contributed by atoms with Crippen LogP contribution in [0, 0.1) is 11.8 Å². The quantitative estimate of drug-likeness (QED) is 0.0493. The van der Waals surface area contributed by atoms with E-state index in [1.807, 2.05) is 22.7 Å². The van der Waals surface area contributed by atoms with Crippen LogP contribution in [-0.4, -0.2) is 71.5 Å². The molecule has 386 valence electrons. The van der Waals surface area contributed by atoms with Crippen molar-refractivity contribution < 1.29 is 9.59 Å². The monoisotopic (exact) mass is 1190 g/mol. The molecule has 2 aliphatic rings. The number of fused-ring (bicyclic) bond motifs is 1. The van der Waals surface area contributed by atoms with Crippen LogP contribution in [0.2, 0.25) is 29.6 Å². The minimum atomic E-state index is -2.46. The van der Waals surface area contributed by atoms with E-state index in [1.54, 1.807) is 0 Å². The molecule has 0 N–H and O–H groups in total. The number of unbranched alkanes of at least 4 members (excludes halogenated alkanes) is 24. The van der Waals surface area contributed by atoms with E-state index in [-0.39, 0.29) is 11.8 Å². The Balaban J connectivity index is 1.75. The number of nitrogens with zero attached hydrogens (tertiary/aromatic N) is 2. The molecule has 4 heterocycles. The number of thiophene rings is 2. The number of amides is 2. The molecule has 4 nitrogen and oxygen atoms in total. The van der Waals surface area contributed by atoms with E-state index in [0.717, 1.165) is 45.4 Å². The summed E-state index contributed by atoms with van der Waals surface area (Å²) in [5.41, 5.74) is 3.36. The van der Waals surface area contributed by atoms with Gasteiger partial charge in [-0.1, -0.05) is 105 Å². The summed E-state index contributed by atoms with van der Waals surface area (Å²) in [4.78, 5) is 53.1. The average molecular weight is 1190 g/mol. The Kier molecular flexibility index (Phi) is 28.7. The average Bonchev–Trinajstić information content (AvgIpc) is 4.10. The van der Waals surface area contributed by atoms with Crippen molar-refractivity contribution in [3.63, 3.8) is 0 Å². The van der Waals surface area contributed by atoms with E-state index in [2.05, 4.69) is 91.4 Å². The molecule has 0 spiro atoms. The molecule has 2 amide bonds. The SMILES string of the molecule is CCCCCCCCCCC(CCCCCCCC)CN1C(=O)C2=C(c3cc[c]([Sn]([CH3])([CH3])[CH3])s3)N(CC(CCCCCCCC)CCCCCCCCCC)C(=O)C2=C1c1cc[c]([Sn]([CH3])([CH3])[CH3])s1. The van der Waals surface area contributed by atoms with E-state index in [1.165, 1.54) is 211 Å². The zero-order valence-electron chi connectivity index (χ0n) is 46.0. The first-order valence-corrected chi connectivity index (χ1v) is 50.7. The van der Waals surface area contributed by atoms with Crippen molar-refractivity contribution in [2.45, 2.75) is 263 Å². The molecule has 0 saturated carbocycles. The van der Waals surface area contributed by atoms with Gasteiger partial charge in [0, 0.05) is 0 Å². The van der Waals surface area contributed by atoms with Gasteiger partial charge in [-0.2, -0.15) is 0 Å². The second-order valence-electron chi connectivity index (χ2n) is 23.5. The molecule has 4 rings (SSSR count). The van der Waals surface area contributed by atoms with Crippen molar-refractivity contribution >= 4 is 88.4 Å². The van der Waals surface area contributed by atoms with Crippen LogP contribution in [0.25, 0.3) is 11.4 Å². The third-order valence-electron chi connectivity index (χ3n) is 15.1. The van der Waals surface area contributed by atoms with Crippen molar-refractivity contribution in [3.8, 4) is 0 Å². The molecule has 0 radical (unpaired) electrons. The Morgan fingerprint density at radius 2 is 0.632 bits per heavy atom. The van der Waals surface area contributed by atoms with Crippen LogP contribution < -0.4 is 5.79 Å². The van der Waals surface area contributed by atoms with Gasteiger partial charge >= 0.3 is 336 Å². The number of rotatable bonds is 40. The maximum absolute atomic E-state index is 15.7. The van der Waals surface area contributed by atoms with Crippen LogP contribution in [0.4, 0.5) is 0 Å². The van der Waals surface area contributed by atoms with Gasteiger partial charge < -0.3 is 0 Å². The topological polar surface area (TPSA) is 40.6 Å². The Labute approximate surface area is 436 Å². The van der Waals surface area contributed by atoms with Gasteiger partial charge in [0.1, 0.15) is 0 Å². The van der Waals surface area contributed by atoms with Gasteiger partial charge in [-0.3, -0.25) is 0 Å². The first kappa shape index (κ1) is 60.0. The molecular formula is C60H104N2O2S2Sn2. The van der Waals surface area contributed by atoms with Gasteiger partial charge in [0.25, 0.3) is 0 Å². The van der Waals surface area contributed by atoms with Crippen molar-refractivity contribution in [1.29, 1.82) is 0 Å². The Hall–Kier alpha value is -0.583. The third kappa shape index (κ3) is 19.7. The summed E-state index contributed by atoms with van der Waals surface area (Å²) >= 11 is -1.11. The molecule has 0 saturated heterocycles. The summed E-state index contributed by atoms with van der Waals surface area (Å²) in [6, 6.07) is 9.32. The predicted octanol–water partition coefficient (Wildman–Crippen LogP) is 18.5. The van der Waals surface area contributed by atoms with Gasteiger partial charge in [0.05, 0.1) is 0 Å². The number of carbonyl (C=O) groups is 2. The molecule has 2 aromatic heterocycles. The fourth-order valence-electron chi connectivity index (χ4n) is 10.7. The molecule has 0 aliphatic carbocycles. The van der Waals surface area contributed by atoms with Crippen LogP contribution in [0.3, 0.4) is 0 Å². The van der Waals surface area contributed by atoms with Crippen molar-refractivity contribution in [3.05, 3.63) is 45.2 Å². The molecule has 0 fully saturated rings. The van der Waals surface area contributed by atoms with Gasteiger partial charge in [-0.05, 0) is 0 Å². The van der Waals surface area contributed by atoms with E-state index >= 15 is 9.59 Å². The molecule has 68 heavy (non-hydrogen) atoms. The Bertz CT molecular complexity index is 1680. The summed E-state index contributed by atoms with van der Waals surface area (Å²) in [5, 5.41) is 0. The summed E-state index contributed by atoms with van der Waals surface area (Å²) in [6.07, 6.45) is 41.4. The zero-order chi connectivity index (χ0) is 49.4. The van der Waals surface area contributed by atoms with E-state index in [9.17, 15) is 0 Å². The molecule has 2 unspecified atom stereocenters. The molecule has 2 atom stereocenters. The van der Waals surface area contributed by atoms with Gasteiger partial charge in [0.2, 0.25) is 0 Å². The normalized spacial score (nSPS) is 15.5. The van der Waals surface area contributed by atoms with Crippen LogP contribution in [0.1, 0.15) is 243 Å². The van der Waals surface area contributed by atoms with Crippen LogP contribution in [0.15, 0.2) is 35.4 Å². The summed E-state index contributed by atoms with van der Waals surface area (Å²) in [6.45, 7) is 10.7. The Morgan fingerprint density at radius 1 is 0.382 bits per heavy atom. The van der Waals surface area contributed by atoms with Crippen molar-refractivity contribution in [2.75, 3.05) is 13.1 Å². The minimum absolute atomic E-state index is 0.101. The summed E-state index contributed by atoms with van der Waals surface area (Å²) in [7, 11) is 0. The summed E-state index contributed by atoms with van der Waals surface area (Å²) < 4.78 is 3.03.